The van der Waals surface area contributed by atoms with E-state index in [0.717, 1.165) is 6.07 Å². The van der Waals surface area contributed by atoms with Crippen molar-refractivity contribution in [1.82, 2.24) is 4.40 Å². The summed E-state index contributed by atoms with van der Waals surface area (Å²) in [5.41, 5.74) is 5.34. The van der Waals surface area contributed by atoms with Gasteiger partial charge in [-0.05, 0) is 18.2 Å². The normalized spacial score (nSPS) is 10.5. The van der Waals surface area contributed by atoms with Gasteiger partial charge in [-0.2, -0.15) is 5.26 Å². The Morgan fingerprint density at radius 1 is 1.42 bits per heavy atom. The molecule has 3 aromatic rings. The molecule has 0 unspecified atom stereocenters. The van der Waals surface area contributed by atoms with Gasteiger partial charge in [-0.15, -0.1) is 0 Å². The minimum atomic E-state index is -1.02. The average molecular weight is 354 g/mol. The number of ether oxygens (including phenoxy) is 1. The Morgan fingerprint density at radius 2 is 2.19 bits per heavy atom. The number of fused-ring (bicyclic) bond motifs is 1. The van der Waals surface area contributed by atoms with Crippen LogP contribution in [-0.2, 0) is 11.3 Å². The number of carbonyl (C=O) groups excluding carboxylic acids is 1. The summed E-state index contributed by atoms with van der Waals surface area (Å²) in [5.74, 6) is -2.01. The molecule has 0 aliphatic rings. The van der Waals surface area contributed by atoms with E-state index in [4.69, 9.17) is 10.5 Å². The molecule has 0 saturated heterocycles. The lowest BCUT2D eigenvalue weighted by molar-refractivity contribution is -0.384. The van der Waals surface area contributed by atoms with E-state index >= 15 is 0 Å². The average Bonchev–Trinajstić information content (AvgIpc) is 2.98. The van der Waals surface area contributed by atoms with Crippen molar-refractivity contribution in [2.45, 2.75) is 6.61 Å². The second-order valence-electron chi connectivity index (χ2n) is 5.35. The number of nitrogens with two attached hydrogens (primary N) is 1. The lowest BCUT2D eigenvalue weighted by Crippen LogP contribution is -2.11. The van der Waals surface area contributed by atoms with Crippen LogP contribution in [0.15, 0.2) is 42.7 Å². The molecule has 0 aliphatic carbocycles. The van der Waals surface area contributed by atoms with E-state index in [1.165, 1.54) is 0 Å². The fraction of sp³-hybridized carbons (Fsp3) is 0.0588. The van der Waals surface area contributed by atoms with Crippen LogP contribution in [0.5, 0.6) is 0 Å². The number of carbonyl (C=O) groups is 1. The van der Waals surface area contributed by atoms with Crippen molar-refractivity contribution < 1.29 is 18.8 Å². The Balaban J connectivity index is 1.89. The number of hydrogen-bond acceptors (Lipinski definition) is 6. The first-order valence-corrected chi connectivity index (χ1v) is 7.31. The maximum Gasteiger partial charge on any atom is 0.340 e. The Bertz CT molecular complexity index is 1080. The summed E-state index contributed by atoms with van der Waals surface area (Å²) in [7, 11) is 0. The predicted octanol–water partition coefficient (Wildman–Crippen LogP) is 2.80. The third-order valence-corrected chi connectivity index (χ3v) is 3.77. The van der Waals surface area contributed by atoms with Gasteiger partial charge in [0.15, 0.2) is 0 Å². The number of pyridine rings is 1. The lowest BCUT2D eigenvalue weighted by atomic mass is 10.1. The number of aromatic nitrogens is 1. The standard InChI is InChI=1S/C17H11FN4O4/c18-11-5-12(16(20)15(6-11)22(24)25)17(23)26-9-10-8-21-4-2-1-3-14(21)13(10)7-19/h1-6,8H,9,20H2. The van der Waals surface area contributed by atoms with E-state index < -0.39 is 33.6 Å². The van der Waals surface area contributed by atoms with Crippen molar-refractivity contribution in [2.24, 2.45) is 0 Å². The molecule has 0 aliphatic heterocycles. The minimum Gasteiger partial charge on any atom is -0.457 e. The molecule has 0 radical (unpaired) electrons. The number of hydrogen-bond donors (Lipinski definition) is 1. The molecule has 130 valence electrons. The largest absolute Gasteiger partial charge is 0.457 e. The van der Waals surface area contributed by atoms with Crippen molar-refractivity contribution in [3.63, 3.8) is 0 Å². The van der Waals surface area contributed by atoms with Gasteiger partial charge in [-0.3, -0.25) is 10.1 Å². The maximum absolute atomic E-state index is 13.5. The second-order valence-corrected chi connectivity index (χ2v) is 5.35. The van der Waals surface area contributed by atoms with Crippen LogP contribution in [-0.4, -0.2) is 15.3 Å². The molecular formula is C17H11FN4O4. The van der Waals surface area contributed by atoms with Gasteiger partial charge >= 0.3 is 5.97 Å². The zero-order valence-corrected chi connectivity index (χ0v) is 13.2. The van der Waals surface area contributed by atoms with Crippen molar-refractivity contribution in [3.05, 3.63) is 75.3 Å². The molecule has 26 heavy (non-hydrogen) atoms. The van der Waals surface area contributed by atoms with Crippen LogP contribution >= 0.6 is 0 Å². The fourth-order valence-corrected chi connectivity index (χ4v) is 2.56. The third kappa shape index (κ3) is 2.91. The quantitative estimate of drug-likeness (QED) is 0.332. The SMILES string of the molecule is N#Cc1c(COC(=O)c2cc(F)cc([N+](=O)[O-])c2N)cn2ccccc12. The highest BCUT2D eigenvalue weighted by atomic mass is 19.1. The van der Waals surface area contributed by atoms with Gasteiger partial charge in [0.05, 0.1) is 27.6 Å². The Labute approximate surface area is 146 Å². The number of nitrogen functional groups attached to an aromatic ring is 1. The molecule has 0 bridgehead atoms. The monoisotopic (exact) mass is 354 g/mol. The molecule has 3 rings (SSSR count). The summed E-state index contributed by atoms with van der Waals surface area (Å²) in [4.78, 5) is 22.2. The molecule has 0 saturated carbocycles. The highest BCUT2D eigenvalue weighted by Crippen LogP contribution is 2.28. The molecular weight excluding hydrogens is 343 g/mol. The van der Waals surface area contributed by atoms with Crippen LogP contribution in [0.25, 0.3) is 5.52 Å². The molecule has 0 fully saturated rings. The predicted molar refractivity (Wildman–Crippen MR) is 88.7 cm³/mol. The van der Waals surface area contributed by atoms with Gasteiger partial charge in [0.25, 0.3) is 5.69 Å². The zero-order valence-electron chi connectivity index (χ0n) is 13.2. The van der Waals surface area contributed by atoms with Crippen LogP contribution in [0, 0.1) is 27.3 Å². The van der Waals surface area contributed by atoms with Gasteiger partial charge in [-0.1, -0.05) is 6.07 Å². The zero-order chi connectivity index (χ0) is 18.8. The van der Waals surface area contributed by atoms with Crippen LogP contribution in [0.1, 0.15) is 21.5 Å². The first-order chi connectivity index (χ1) is 12.4. The Morgan fingerprint density at radius 3 is 2.88 bits per heavy atom. The molecule has 2 heterocycles. The number of nitrogens with zero attached hydrogens (tertiary/aromatic N) is 3. The highest BCUT2D eigenvalue weighted by Gasteiger charge is 2.23. The summed E-state index contributed by atoms with van der Waals surface area (Å²) >= 11 is 0. The van der Waals surface area contributed by atoms with E-state index in [1.54, 1.807) is 35.0 Å². The first-order valence-electron chi connectivity index (χ1n) is 7.31. The highest BCUT2D eigenvalue weighted by molar-refractivity contribution is 5.97. The summed E-state index contributed by atoms with van der Waals surface area (Å²) in [6.45, 7) is -0.271. The van der Waals surface area contributed by atoms with E-state index in [0.29, 0.717) is 22.7 Å². The van der Waals surface area contributed by atoms with E-state index in [1.807, 2.05) is 6.07 Å². The van der Waals surface area contributed by atoms with E-state index in [9.17, 15) is 24.6 Å². The Hall–Kier alpha value is -3.93. The van der Waals surface area contributed by atoms with Crippen LogP contribution in [0.3, 0.4) is 0 Å². The molecule has 0 amide bonds. The van der Waals surface area contributed by atoms with Gasteiger partial charge in [0.2, 0.25) is 0 Å². The molecule has 8 nitrogen and oxygen atoms in total. The topological polar surface area (TPSA) is 124 Å². The minimum absolute atomic E-state index is 0.271. The van der Waals surface area contributed by atoms with E-state index in [-0.39, 0.29) is 6.61 Å². The fourth-order valence-electron chi connectivity index (χ4n) is 2.56. The van der Waals surface area contributed by atoms with Crippen molar-refractivity contribution in [3.8, 4) is 6.07 Å². The van der Waals surface area contributed by atoms with Crippen molar-refractivity contribution in [1.29, 1.82) is 5.26 Å². The van der Waals surface area contributed by atoms with Crippen molar-refractivity contribution >= 4 is 22.9 Å². The third-order valence-electron chi connectivity index (χ3n) is 3.77. The summed E-state index contributed by atoms with van der Waals surface area (Å²) < 4.78 is 20.3. The first kappa shape index (κ1) is 16.9. The number of anilines is 1. The summed E-state index contributed by atoms with van der Waals surface area (Å²) in [6.07, 6.45) is 3.36. The number of nitro groups is 1. The maximum atomic E-state index is 13.5. The molecule has 0 atom stereocenters. The van der Waals surface area contributed by atoms with Gasteiger partial charge in [0, 0.05) is 18.0 Å². The van der Waals surface area contributed by atoms with Crippen LogP contribution in [0.2, 0.25) is 0 Å². The number of esters is 1. The molecule has 2 N–H and O–H groups in total. The Kier molecular flexibility index (Phi) is 4.24. The van der Waals surface area contributed by atoms with Crippen LogP contribution in [0.4, 0.5) is 15.8 Å². The summed E-state index contributed by atoms with van der Waals surface area (Å²) in [6, 6.07) is 8.71. The number of rotatable bonds is 4. The smallest absolute Gasteiger partial charge is 0.340 e. The molecule has 2 aromatic heterocycles. The lowest BCUT2D eigenvalue weighted by Gasteiger charge is -2.07. The van der Waals surface area contributed by atoms with Gasteiger partial charge in [0.1, 0.15) is 24.2 Å². The molecule has 1 aromatic carbocycles. The second kappa shape index (κ2) is 6.52. The van der Waals surface area contributed by atoms with Crippen molar-refractivity contribution in [2.75, 3.05) is 5.73 Å². The van der Waals surface area contributed by atoms with Crippen LogP contribution < -0.4 is 5.73 Å². The molecule has 9 heteroatoms. The molecule has 0 spiro atoms. The van der Waals surface area contributed by atoms with E-state index in [2.05, 4.69) is 0 Å². The number of nitriles is 1. The number of nitro benzene ring substituents is 1. The number of benzene rings is 1. The van der Waals surface area contributed by atoms with Gasteiger partial charge < -0.3 is 14.9 Å². The summed E-state index contributed by atoms with van der Waals surface area (Å²) in [5, 5.41) is 20.2. The number of halogens is 1. The van der Waals surface area contributed by atoms with Gasteiger partial charge in [-0.25, -0.2) is 9.18 Å².